The summed E-state index contributed by atoms with van der Waals surface area (Å²) in [6, 6.07) is 3.56. The third-order valence-electron chi connectivity index (χ3n) is 4.49. The molecule has 0 fully saturated rings. The van der Waals surface area contributed by atoms with E-state index in [0.717, 1.165) is 12.1 Å². The van der Waals surface area contributed by atoms with Crippen molar-refractivity contribution in [3.63, 3.8) is 0 Å². The number of carboxylic acids is 1. The Labute approximate surface area is 213 Å². The van der Waals surface area contributed by atoms with E-state index in [0.29, 0.717) is 17.7 Å². The second-order valence-electron chi connectivity index (χ2n) is 8.29. The predicted molar refractivity (Wildman–Crippen MR) is 131 cm³/mol. The molecule has 0 heterocycles. The number of nitrogens with two attached hydrogens (primary N) is 2. The number of anilines is 1. The Morgan fingerprint density at radius 3 is 2.03 bits per heavy atom. The van der Waals surface area contributed by atoms with Gasteiger partial charge in [-0.3, -0.25) is 33.8 Å². The number of imide groups is 1. The Balaban J connectivity index is 0.00000161. The Morgan fingerprint density at radius 2 is 1.68 bits per heavy atom. The standard InChI is InChI=1S/C18H28N3O8P.C3H5NO3/c1-4-5-6-16(29-30(26,27)28)18(23)20(17(22)15(19)11-12(2)3)13-7-9-14(10-8-13)21(24)25;4-2(5)1-3(6)7/h7-10,12,15-16H,4-6,11,19H2,1-3H3,(H2,26,27,28);1H2,(H2,4,5)(H,6,7). The minimum atomic E-state index is -5.02. The number of carboxylic acid groups (broad SMARTS) is 1. The van der Waals surface area contributed by atoms with E-state index in [1.807, 2.05) is 20.8 Å². The zero-order valence-corrected chi connectivity index (χ0v) is 21.6. The van der Waals surface area contributed by atoms with Gasteiger partial charge < -0.3 is 26.4 Å². The number of nitro benzene ring substituents is 1. The first-order valence-electron chi connectivity index (χ1n) is 11.1. The van der Waals surface area contributed by atoms with E-state index in [9.17, 15) is 43.6 Å². The van der Waals surface area contributed by atoms with Crippen molar-refractivity contribution >= 4 is 42.9 Å². The van der Waals surface area contributed by atoms with Gasteiger partial charge in [0.05, 0.1) is 16.7 Å². The summed E-state index contributed by atoms with van der Waals surface area (Å²) in [5, 5.41) is 18.7. The molecule has 1 aromatic rings. The number of primary amides is 1. The summed E-state index contributed by atoms with van der Waals surface area (Å²) in [4.78, 5) is 74.6. The van der Waals surface area contributed by atoms with Crippen LogP contribution in [0.15, 0.2) is 24.3 Å². The van der Waals surface area contributed by atoms with E-state index in [1.165, 1.54) is 12.1 Å². The van der Waals surface area contributed by atoms with Crippen LogP contribution in [0, 0.1) is 16.0 Å². The molecule has 2 atom stereocenters. The number of phosphoric ester groups is 1. The van der Waals surface area contributed by atoms with Crippen molar-refractivity contribution in [2.75, 3.05) is 4.90 Å². The average molecular weight is 548 g/mol. The average Bonchev–Trinajstić information content (AvgIpc) is 2.75. The molecule has 0 aliphatic carbocycles. The molecule has 1 aromatic carbocycles. The molecule has 0 aromatic heterocycles. The van der Waals surface area contributed by atoms with Crippen LogP contribution in [-0.4, -0.2) is 55.7 Å². The first-order chi connectivity index (χ1) is 17.0. The molecule has 208 valence electrons. The van der Waals surface area contributed by atoms with Crippen molar-refractivity contribution in [3.05, 3.63) is 34.4 Å². The lowest BCUT2D eigenvalue weighted by Gasteiger charge is -2.28. The molecule has 0 saturated heterocycles. The summed E-state index contributed by atoms with van der Waals surface area (Å²) in [6.45, 7) is 5.50. The molecule has 1 rings (SSSR count). The van der Waals surface area contributed by atoms with Gasteiger partial charge in [-0.1, -0.05) is 33.6 Å². The fourth-order valence-electron chi connectivity index (χ4n) is 2.93. The zero-order chi connectivity index (χ0) is 28.9. The number of hydrogen-bond acceptors (Lipinski definition) is 9. The normalized spacial score (nSPS) is 12.6. The van der Waals surface area contributed by atoms with Crippen molar-refractivity contribution in [2.24, 2.45) is 17.4 Å². The number of amides is 3. The molecule has 0 aliphatic heterocycles. The van der Waals surface area contributed by atoms with Gasteiger partial charge in [0.25, 0.3) is 17.5 Å². The topological polar surface area (TPSA) is 254 Å². The summed E-state index contributed by atoms with van der Waals surface area (Å²) in [7, 11) is -5.02. The number of rotatable bonds is 13. The highest BCUT2D eigenvalue weighted by molar-refractivity contribution is 7.46. The van der Waals surface area contributed by atoms with Crippen LogP contribution in [0.25, 0.3) is 0 Å². The summed E-state index contributed by atoms with van der Waals surface area (Å²) in [5.41, 5.74) is 10.2. The molecule has 15 nitrogen and oxygen atoms in total. The molecule has 0 spiro atoms. The van der Waals surface area contributed by atoms with Crippen LogP contribution in [-0.2, 0) is 28.3 Å². The van der Waals surface area contributed by atoms with Gasteiger partial charge in [-0.05, 0) is 30.9 Å². The van der Waals surface area contributed by atoms with E-state index in [1.54, 1.807) is 0 Å². The predicted octanol–water partition coefficient (Wildman–Crippen LogP) is 1.44. The lowest BCUT2D eigenvalue weighted by atomic mass is 10.0. The lowest BCUT2D eigenvalue weighted by molar-refractivity contribution is -0.384. The number of hydrogen-bond donors (Lipinski definition) is 5. The Bertz CT molecular complexity index is 983. The van der Waals surface area contributed by atoms with Crippen molar-refractivity contribution in [3.8, 4) is 0 Å². The minimum absolute atomic E-state index is 0.00869. The molecule has 3 amide bonds. The molecule has 16 heteroatoms. The Kier molecular flexibility index (Phi) is 14.4. The van der Waals surface area contributed by atoms with Crippen LogP contribution in [0.4, 0.5) is 11.4 Å². The van der Waals surface area contributed by atoms with E-state index >= 15 is 0 Å². The van der Waals surface area contributed by atoms with Crippen LogP contribution in [0.3, 0.4) is 0 Å². The van der Waals surface area contributed by atoms with Gasteiger partial charge in [0, 0.05) is 12.1 Å². The number of nitro groups is 1. The van der Waals surface area contributed by atoms with Gasteiger partial charge in [-0.25, -0.2) is 9.46 Å². The molecule has 0 radical (unpaired) electrons. The van der Waals surface area contributed by atoms with Crippen LogP contribution >= 0.6 is 7.82 Å². The Hall–Kier alpha value is -3.23. The fourth-order valence-corrected chi connectivity index (χ4v) is 3.46. The number of carbonyl (C=O) groups excluding carboxylic acids is 3. The smallest absolute Gasteiger partial charge is 0.470 e. The van der Waals surface area contributed by atoms with Crippen molar-refractivity contribution in [1.29, 1.82) is 0 Å². The first kappa shape index (κ1) is 33.8. The zero-order valence-electron chi connectivity index (χ0n) is 20.7. The Morgan fingerprint density at radius 1 is 1.14 bits per heavy atom. The molecule has 7 N–H and O–H groups in total. The summed E-state index contributed by atoms with van der Waals surface area (Å²) in [6.07, 6.45) is -0.912. The van der Waals surface area contributed by atoms with Gasteiger partial charge in [0.2, 0.25) is 5.91 Å². The molecule has 0 bridgehead atoms. The molecule has 0 aliphatic rings. The number of aliphatic carboxylic acids is 1. The number of carbonyl (C=O) groups is 4. The van der Waals surface area contributed by atoms with Gasteiger partial charge in [0.1, 0.15) is 12.5 Å². The van der Waals surface area contributed by atoms with Gasteiger partial charge in [-0.2, -0.15) is 0 Å². The molecule has 37 heavy (non-hydrogen) atoms. The van der Waals surface area contributed by atoms with Crippen LogP contribution in [0.1, 0.15) is 52.9 Å². The molecular weight excluding hydrogens is 515 g/mol. The second-order valence-corrected chi connectivity index (χ2v) is 9.48. The quantitative estimate of drug-likeness (QED) is 0.102. The number of unbranched alkanes of at least 4 members (excludes halogenated alkanes) is 1. The molecule has 0 saturated carbocycles. The second kappa shape index (κ2) is 15.8. The van der Waals surface area contributed by atoms with Gasteiger partial charge in [0.15, 0.2) is 0 Å². The SMILES string of the molecule is CCCCC(OP(=O)(O)O)C(=O)N(C(=O)C(N)CC(C)C)c1ccc([N+](=O)[O-])cc1.NC(=O)CC(=O)O. The fraction of sp³-hybridized carbons (Fsp3) is 0.524. The maximum Gasteiger partial charge on any atom is 0.470 e. The number of non-ortho nitro benzene ring substituents is 1. The molecular formula is C21H33N4O11P. The summed E-state index contributed by atoms with van der Waals surface area (Å²) in [5.74, 6) is -3.75. The maximum atomic E-state index is 13.1. The van der Waals surface area contributed by atoms with Crippen LogP contribution in [0.5, 0.6) is 0 Å². The van der Waals surface area contributed by atoms with E-state index in [4.69, 9.17) is 10.8 Å². The largest absolute Gasteiger partial charge is 0.481 e. The maximum absolute atomic E-state index is 13.1. The highest BCUT2D eigenvalue weighted by Crippen LogP contribution is 2.39. The van der Waals surface area contributed by atoms with E-state index in [-0.39, 0.29) is 30.1 Å². The van der Waals surface area contributed by atoms with Crippen LogP contribution in [0.2, 0.25) is 0 Å². The highest BCUT2D eigenvalue weighted by Gasteiger charge is 2.36. The van der Waals surface area contributed by atoms with Crippen molar-refractivity contribution in [2.45, 2.75) is 65.0 Å². The van der Waals surface area contributed by atoms with Gasteiger partial charge in [-0.15, -0.1) is 0 Å². The minimum Gasteiger partial charge on any atom is -0.481 e. The van der Waals surface area contributed by atoms with E-state index < -0.39 is 55.0 Å². The first-order valence-corrected chi connectivity index (χ1v) is 12.6. The lowest BCUT2D eigenvalue weighted by Crippen LogP contribution is -2.51. The third-order valence-corrected chi connectivity index (χ3v) is 5.02. The number of benzene rings is 1. The van der Waals surface area contributed by atoms with Crippen molar-refractivity contribution < 1.29 is 48.1 Å². The van der Waals surface area contributed by atoms with Crippen molar-refractivity contribution in [1.82, 2.24) is 0 Å². The third kappa shape index (κ3) is 13.6. The number of phosphoric acid groups is 1. The van der Waals surface area contributed by atoms with Crippen LogP contribution < -0.4 is 16.4 Å². The monoisotopic (exact) mass is 548 g/mol. The van der Waals surface area contributed by atoms with E-state index in [2.05, 4.69) is 10.3 Å². The number of nitrogens with zero attached hydrogens (tertiary/aromatic N) is 2. The summed E-state index contributed by atoms with van der Waals surface area (Å²) < 4.78 is 16.0. The summed E-state index contributed by atoms with van der Waals surface area (Å²) >= 11 is 0. The molecule has 2 unspecified atom stereocenters. The highest BCUT2D eigenvalue weighted by atomic mass is 31.2. The van der Waals surface area contributed by atoms with Gasteiger partial charge >= 0.3 is 13.8 Å².